The van der Waals surface area contributed by atoms with Gasteiger partial charge in [0.1, 0.15) is 5.82 Å². The number of hydrogen-bond donors (Lipinski definition) is 1. The molecule has 1 aromatic carbocycles. The number of aromatic nitrogens is 2. The molecule has 7 heteroatoms. The normalized spacial score (nSPS) is 10.7. The van der Waals surface area contributed by atoms with Crippen LogP contribution in [-0.4, -0.2) is 9.97 Å². The van der Waals surface area contributed by atoms with Crippen molar-refractivity contribution in [3.63, 3.8) is 0 Å². The van der Waals surface area contributed by atoms with Crippen LogP contribution in [0.4, 0.5) is 8.78 Å². The summed E-state index contributed by atoms with van der Waals surface area (Å²) in [5, 5.41) is 0. The van der Waals surface area contributed by atoms with Gasteiger partial charge in [-0.25, -0.2) is 13.8 Å². The number of aromatic amines is 1. The summed E-state index contributed by atoms with van der Waals surface area (Å²) >= 11 is 8.52. The van der Waals surface area contributed by atoms with Crippen LogP contribution in [0, 0.1) is 11.6 Å². The molecule has 0 unspecified atom stereocenters. The third kappa shape index (κ3) is 2.44. The van der Waals surface area contributed by atoms with E-state index in [1.807, 2.05) is 0 Å². The molecule has 94 valence electrons. The summed E-state index contributed by atoms with van der Waals surface area (Å²) in [6, 6.07) is 3.52. The van der Waals surface area contributed by atoms with Gasteiger partial charge in [0.25, 0.3) is 5.56 Å². The molecule has 2 aromatic rings. The maximum Gasteiger partial charge on any atom is 0.251 e. The highest BCUT2D eigenvalue weighted by atomic mass is 79.9. The minimum absolute atomic E-state index is 0.0538. The molecule has 0 bridgehead atoms. The minimum Gasteiger partial charge on any atom is -0.306 e. The quantitative estimate of drug-likeness (QED) is 0.676. The Balaban J connectivity index is 2.66. The zero-order chi connectivity index (χ0) is 13.3. The molecule has 0 fully saturated rings. The van der Waals surface area contributed by atoms with Crippen LogP contribution in [0.3, 0.4) is 0 Å². The van der Waals surface area contributed by atoms with Gasteiger partial charge in [0, 0.05) is 11.6 Å². The Kier molecular flexibility index (Phi) is 3.77. The Bertz CT molecular complexity index is 660. The van der Waals surface area contributed by atoms with E-state index >= 15 is 0 Å². The van der Waals surface area contributed by atoms with Crippen LogP contribution in [0.2, 0.25) is 0 Å². The fourth-order valence-electron chi connectivity index (χ4n) is 1.41. The fraction of sp³-hybridized carbons (Fsp3) is 0.0909. The molecule has 1 aromatic heterocycles. The SMILES string of the molecule is O=c1cc(CCl)nc(-c2ccc(F)c(F)c2Br)[nH]1. The highest BCUT2D eigenvalue weighted by molar-refractivity contribution is 9.10. The largest absolute Gasteiger partial charge is 0.306 e. The molecule has 2 rings (SSSR count). The van der Waals surface area contributed by atoms with E-state index in [2.05, 4.69) is 25.9 Å². The average Bonchev–Trinajstić information content (AvgIpc) is 2.35. The number of H-pyrrole nitrogens is 1. The van der Waals surface area contributed by atoms with Crippen molar-refractivity contribution in [2.75, 3.05) is 0 Å². The van der Waals surface area contributed by atoms with Crippen LogP contribution in [-0.2, 0) is 5.88 Å². The van der Waals surface area contributed by atoms with E-state index in [1.54, 1.807) is 0 Å². The zero-order valence-corrected chi connectivity index (χ0v) is 11.1. The van der Waals surface area contributed by atoms with E-state index in [1.165, 1.54) is 12.1 Å². The lowest BCUT2D eigenvalue weighted by molar-refractivity contribution is 0.504. The Morgan fingerprint density at radius 1 is 1.39 bits per heavy atom. The van der Waals surface area contributed by atoms with Gasteiger partial charge in [-0.2, -0.15) is 0 Å². The van der Waals surface area contributed by atoms with Crippen molar-refractivity contribution in [3.05, 3.63) is 50.4 Å². The summed E-state index contributed by atoms with van der Waals surface area (Å²) in [6.45, 7) is 0. The molecule has 3 nitrogen and oxygen atoms in total. The number of halogens is 4. The van der Waals surface area contributed by atoms with Crippen molar-refractivity contribution in [1.82, 2.24) is 9.97 Å². The molecule has 0 radical (unpaired) electrons. The van der Waals surface area contributed by atoms with Crippen molar-refractivity contribution in [2.24, 2.45) is 0 Å². The molecule has 18 heavy (non-hydrogen) atoms. The number of nitrogens with zero attached hydrogens (tertiary/aromatic N) is 1. The Morgan fingerprint density at radius 2 is 2.11 bits per heavy atom. The van der Waals surface area contributed by atoms with E-state index in [0.717, 1.165) is 6.07 Å². The molecule has 0 aliphatic carbocycles. The monoisotopic (exact) mass is 334 g/mol. The highest BCUT2D eigenvalue weighted by Crippen LogP contribution is 2.29. The number of rotatable bonds is 2. The first kappa shape index (κ1) is 13.2. The smallest absolute Gasteiger partial charge is 0.251 e. The number of benzene rings is 1. The van der Waals surface area contributed by atoms with Gasteiger partial charge in [-0.15, -0.1) is 11.6 Å². The molecular formula is C11H6BrClF2N2O. The van der Waals surface area contributed by atoms with Crippen LogP contribution < -0.4 is 5.56 Å². The van der Waals surface area contributed by atoms with E-state index in [4.69, 9.17) is 11.6 Å². The average molecular weight is 336 g/mol. The van der Waals surface area contributed by atoms with Crippen molar-refractivity contribution < 1.29 is 8.78 Å². The predicted octanol–water partition coefficient (Wildman–Crippen LogP) is 3.22. The molecule has 0 amide bonds. The summed E-state index contributed by atoms with van der Waals surface area (Å²) in [6.07, 6.45) is 0. The molecule has 0 atom stereocenters. The van der Waals surface area contributed by atoms with Gasteiger partial charge in [0.05, 0.1) is 16.0 Å². The summed E-state index contributed by atoms with van der Waals surface area (Å²) in [4.78, 5) is 17.9. The van der Waals surface area contributed by atoms with E-state index < -0.39 is 17.2 Å². The van der Waals surface area contributed by atoms with Gasteiger partial charge in [-0.1, -0.05) is 0 Å². The third-order valence-corrected chi connectivity index (χ3v) is 3.27. The molecule has 0 spiro atoms. The summed E-state index contributed by atoms with van der Waals surface area (Å²) in [5.41, 5.74) is 0.192. The molecular weight excluding hydrogens is 329 g/mol. The Hall–Kier alpha value is -1.27. The fourth-order valence-corrected chi connectivity index (χ4v) is 2.06. The van der Waals surface area contributed by atoms with Crippen molar-refractivity contribution in [2.45, 2.75) is 5.88 Å². The molecule has 0 saturated heterocycles. The van der Waals surface area contributed by atoms with E-state index in [-0.39, 0.29) is 21.7 Å². The van der Waals surface area contributed by atoms with Crippen molar-refractivity contribution in [1.29, 1.82) is 0 Å². The summed E-state index contributed by atoms with van der Waals surface area (Å²) < 4.78 is 26.3. The van der Waals surface area contributed by atoms with Gasteiger partial charge in [0.2, 0.25) is 0 Å². The molecule has 0 saturated carbocycles. The summed E-state index contributed by atoms with van der Waals surface area (Å²) in [5.74, 6) is -1.84. The lowest BCUT2D eigenvalue weighted by atomic mass is 10.2. The minimum atomic E-state index is -1.04. The van der Waals surface area contributed by atoms with Gasteiger partial charge < -0.3 is 4.98 Å². The van der Waals surface area contributed by atoms with Gasteiger partial charge in [-0.05, 0) is 28.1 Å². The zero-order valence-electron chi connectivity index (χ0n) is 8.81. The lowest BCUT2D eigenvalue weighted by Gasteiger charge is -2.06. The topological polar surface area (TPSA) is 45.8 Å². The second-order valence-electron chi connectivity index (χ2n) is 3.44. The van der Waals surface area contributed by atoms with Crippen LogP contribution in [0.15, 0.2) is 27.5 Å². The molecule has 1 N–H and O–H groups in total. The van der Waals surface area contributed by atoms with Crippen LogP contribution in [0.25, 0.3) is 11.4 Å². The van der Waals surface area contributed by atoms with E-state index in [0.29, 0.717) is 5.69 Å². The van der Waals surface area contributed by atoms with Gasteiger partial charge in [-0.3, -0.25) is 4.79 Å². The third-order valence-electron chi connectivity index (χ3n) is 2.22. The highest BCUT2D eigenvalue weighted by Gasteiger charge is 2.14. The van der Waals surface area contributed by atoms with Crippen LogP contribution in [0.5, 0.6) is 0 Å². The lowest BCUT2D eigenvalue weighted by Crippen LogP contribution is -2.10. The first-order valence-electron chi connectivity index (χ1n) is 4.83. The summed E-state index contributed by atoms with van der Waals surface area (Å²) in [7, 11) is 0. The molecule has 0 aliphatic rings. The second-order valence-corrected chi connectivity index (χ2v) is 4.50. The number of hydrogen-bond acceptors (Lipinski definition) is 2. The molecule has 1 heterocycles. The number of alkyl halides is 1. The predicted molar refractivity (Wildman–Crippen MR) is 67.5 cm³/mol. The first-order valence-corrected chi connectivity index (χ1v) is 6.15. The Labute approximate surface area is 114 Å². The molecule has 0 aliphatic heterocycles. The van der Waals surface area contributed by atoms with Crippen LogP contribution >= 0.6 is 27.5 Å². The van der Waals surface area contributed by atoms with Gasteiger partial charge in [0.15, 0.2) is 11.6 Å². The maximum atomic E-state index is 13.4. The van der Waals surface area contributed by atoms with Crippen molar-refractivity contribution in [3.8, 4) is 11.4 Å². The second kappa shape index (κ2) is 5.16. The van der Waals surface area contributed by atoms with Crippen LogP contribution in [0.1, 0.15) is 5.69 Å². The van der Waals surface area contributed by atoms with E-state index in [9.17, 15) is 13.6 Å². The Morgan fingerprint density at radius 3 is 2.78 bits per heavy atom. The number of nitrogens with one attached hydrogen (secondary N) is 1. The van der Waals surface area contributed by atoms with Crippen molar-refractivity contribution >= 4 is 27.5 Å². The first-order chi connectivity index (χ1) is 8.52. The van der Waals surface area contributed by atoms with Gasteiger partial charge >= 0.3 is 0 Å². The maximum absolute atomic E-state index is 13.4. The standard InChI is InChI=1S/C11H6BrClF2N2O/c12-9-6(1-2-7(14)10(9)15)11-16-5(4-13)3-8(18)17-11/h1-3H,4H2,(H,16,17,18).